The van der Waals surface area contributed by atoms with Crippen LogP contribution in [0, 0.1) is 0 Å². The van der Waals surface area contributed by atoms with Crippen LogP contribution in [0.2, 0.25) is 0 Å². The van der Waals surface area contributed by atoms with Gasteiger partial charge in [0.05, 0.1) is 24.2 Å². The van der Waals surface area contributed by atoms with Gasteiger partial charge in [-0.05, 0) is 44.5 Å². The maximum absolute atomic E-state index is 12.8. The van der Waals surface area contributed by atoms with Crippen LogP contribution in [-0.2, 0) is 19.5 Å². The molecule has 0 aromatic heterocycles. The lowest BCUT2D eigenvalue weighted by molar-refractivity contribution is -0.280. The van der Waals surface area contributed by atoms with E-state index in [9.17, 15) is 8.42 Å². The third-order valence-corrected chi connectivity index (χ3v) is 6.25. The molecule has 1 aromatic carbocycles. The molecule has 2 saturated heterocycles. The van der Waals surface area contributed by atoms with Crippen molar-refractivity contribution in [2.75, 3.05) is 26.3 Å². The van der Waals surface area contributed by atoms with Crippen LogP contribution in [-0.4, -0.2) is 50.9 Å². The molecule has 0 saturated carbocycles. The molecule has 7 heteroatoms. The average Bonchev–Trinajstić information content (AvgIpc) is 2.56. The van der Waals surface area contributed by atoms with E-state index in [0.29, 0.717) is 49.8 Å². The number of benzene rings is 1. The van der Waals surface area contributed by atoms with E-state index < -0.39 is 15.8 Å². The van der Waals surface area contributed by atoms with E-state index in [2.05, 4.69) is 0 Å². The normalized spacial score (nSPS) is 22.0. The summed E-state index contributed by atoms with van der Waals surface area (Å²) in [6, 6.07) is 6.60. The molecule has 2 aliphatic heterocycles. The van der Waals surface area contributed by atoms with Gasteiger partial charge >= 0.3 is 0 Å². The van der Waals surface area contributed by atoms with Gasteiger partial charge < -0.3 is 14.2 Å². The average molecular weight is 355 g/mol. The van der Waals surface area contributed by atoms with Crippen molar-refractivity contribution in [1.82, 2.24) is 4.31 Å². The van der Waals surface area contributed by atoms with Gasteiger partial charge in [-0.3, -0.25) is 0 Å². The van der Waals surface area contributed by atoms with Crippen molar-refractivity contribution in [2.45, 2.75) is 49.9 Å². The molecular formula is C17H25NO5S. The number of hydrogen-bond donors (Lipinski definition) is 0. The van der Waals surface area contributed by atoms with Crippen LogP contribution in [0.3, 0.4) is 0 Å². The van der Waals surface area contributed by atoms with Crippen LogP contribution >= 0.6 is 0 Å². The van der Waals surface area contributed by atoms with Crippen molar-refractivity contribution >= 4 is 10.0 Å². The van der Waals surface area contributed by atoms with Gasteiger partial charge in [-0.2, -0.15) is 4.31 Å². The minimum Gasteiger partial charge on any atom is -0.491 e. The molecule has 2 heterocycles. The van der Waals surface area contributed by atoms with Crippen molar-refractivity contribution in [2.24, 2.45) is 0 Å². The van der Waals surface area contributed by atoms with Crippen molar-refractivity contribution < 1.29 is 22.6 Å². The van der Waals surface area contributed by atoms with Crippen LogP contribution in [0.15, 0.2) is 29.2 Å². The van der Waals surface area contributed by atoms with Crippen LogP contribution < -0.4 is 4.74 Å². The van der Waals surface area contributed by atoms with Crippen molar-refractivity contribution in [3.63, 3.8) is 0 Å². The van der Waals surface area contributed by atoms with Gasteiger partial charge in [-0.1, -0.05) is 0 Å². The molecule has 0 N–H and O–H groups in total. The Morgan fingerprint density at radius 1 is 1.08 bits per heavy atom. The zero-order valence-electron chi connectivity index (χ0n) is 14.2. The second-order valence-corrected chi connectivity index (χ2v) is 8.44. The monoisotopic (exact) mass is 355 g/mol. The van der Waals surface area contributed by atoms with Crippen LogP contribution in [0.1, 0.15) is 33.1 Å². The Balaban J connectivity index is 1.67. The van der Waals surface area contributed by atoms with E-state index in [4.69, 9.17) is 14.2 Å². The fourth-order valence-electron chi connectivity index (χ4n) is 3.08. The highest BCUT2D eigenvalue weighted by molar-refractivity contribution is 7.89. The van der Waals surface area contributed by atoms with Gasteiger partial charge in [0.1, 0.15) is 5.75 Å². The lowest BCUT2D eigenvalue weighted by atomic mass is 10.0. The smallest absolute Gasteiger partial charge is 0.243 e. The molecule has 0 radical (unpaired) electrons. The summed E-state index contributed by atoms with van der Waals surface area (Å²) >= 11 is 0. The fourth-order valence-corrected chi connectivity index (χ4v) is 4.53. The van der Waals surface area contributed by atoms with Gasteiger partial charge in [-0.15, -0.1) is 0 Å². The zero-order valence-corrected chi connectivity index (χ0v) is 15.0. The SMILES string of the molecule is CC(C)Oc1ccc(S(=O)(=O)N2CCC3(CC2)OCCCO3)cc1. The first-order chi connectivity index (χ1) is 11.4. The number of ether oxygens (including phenoxy) is 3. The summed E-state index contributed by atoms with van der Waals surface area (Å²) in [4.78, 5) is 0.292. The van der Waals surface area contributed by atoms with E-state index in [0.717, 1.165) is 6.42 Å². The van der Waals surface area contributed by atoms with E-state index >= 15 is 0 Å². The predicted molar refractivity (Wildman–Crippen MR) is 89.5 cm³/mol. The largest absolute Gasteiger partial charge is 0.491 e. The lowest BCUT2D eigenvalue weighted by Gasteiger charge is -2.42. The zero-order chi connectivity index (χ0) is 17.2. The molecule has 24 heavy (non-hydrogen) atoms. The molecule has 0 aliphatic carbocycles. The quantitative estimate of drug-likeness (QED) is 0.830. The third-order valence-electron chi connectivity index (χ3n) is 4.34. The second-order valence-electron chi connectivity index (χ2n) is 6.50. The molecule has 0 amide bonds. The first-order valence-corrected chi connectivity index (χ1v) is 9.90. The topological polar surface area (TPSA) is 65.1 Å². The summed E-state index contributed by atoms with van der Waals surface area (Å²) in [6.45, 7) is 6.06. The fraction of sp³-hybridized carbons (Fsp3) is 0.647. The van der Waals surface area contributed by atoms with Gasteiger partial charge in [-0.25, -0.2) is 8.42 Å². The lowest BCUT2D eigenvalue weighted by Crippen LogP contribution is -2.51. The van der Waals surface area contributed by atoms with Crippen molar-refractivity contribution in [3.8, 4) is 5.75 Å². The summed E-state index contributed by atoms with van der Waals surface area (Å²) in [6.07, 6.45) is 2.09. The van der Waals surface area contributed by atoms with E-state index in [1.54, 1.807) is 24.3 Å². The highest BCUT2D eigenvalue weighted by atomic mass is 32.2. The molecule has 2 fully saturated rings. The summed E-state index contributed by atoms with van der Waals surface area (Å²) in [7, 11) is -3.50. The Morgan fingerprint density at radius 3 is 2.21 bits per heavy atom. The number of hydrogen-bond acceptors (Lipinski definition) is 5. The Bertz CT molecular complexity index is 640. The molecule has 1 aromatic rings. The van der Waals surface area contributed by atoms with Gasteiger partial charge in [0.2, 0.25) is 10.0 Å². The molecular weight excluding hydrogens is 330 g/mol. The Kier molecular flexibility index (Phi) is 5.15. The highest BCUT2D eigenvalue weighted by Crippen LogP contribution is 2.33. The molecule has 3 rings (SSSR count). The number of piperidine rings is 1. The van der Waals surface area contributed by atoms with Gasteiger partial charge in [0, 0.05) is 25.9 Å². The molecule has 0 bridgehead atoms. The Morgan fingerprint density at radius 2 is 1.67 bits per heavy atom. The molecule has 1 spiro atoms. The van der Waals surface area contributed by atoms with E-state index in [1.807, 2.05) is 13.8 Å². The maximum Gasteiger partial charge on any atom is 0.243 e. The summed E-state index contributed by atoms with van der Waals surface area (Å²) in [5.41, 5.74) is 0. The third kappa shape index (κ3) is 3.74. The van der Waals surface area contributed by atoms with Gasteiger partial charge in [0.25, 0.3) is 0 Å². The minimum absolute atomic E-state index is 0.0567. The number of rotatable bonds is 4. The first-order valence-electron chi connectivity index (χ1n) is 8.46. The molecule has 0 unspecified atom stereocenters. The maximum atomic E-state index is 12.8. The Labute approximate surface area is 143 Å². The Hall–Kier alpha value is -1.15. The van der Waals surface area contributed by atoms with Crippen LogP contribution in [0.25, 0.3) is 0 Å². The molecule has 6 nitrogen and oxygen atoms in total. The van der Waals surface area contributed by atoms with E-state index in [1.165, 1.54) is 4.31 Å². The summed E-state index contributed by atoms with van der Waals surface area (Å²) in [5, 5.41) is 0. The van der Waals surface area contributed by atoms with Gasteiger partial charge in [0.15, 0.2) is 5.79 Å². The first kappa shape index (κ1) is 17.7. The van der Waals surface area contributed by atoms with Crippen LogP contribution in [0.4, 0.5) is 0 Å². The summed E-state index contributed by atoms with van der Waals surface area (Å²) in [5.74, 6) is 0.0877. The van der Waals surface area contributed by atoms with Crippen LogP contribution in [0.5, 0.6) is 5.75 Å². The second kappa shape index (κ2) is 7.00. The number of sulfonamides is 1. The van der Waals surface area contributed by atoms with Crippen molar-refractivity contribution in [3.05, 3.63) is 24.3 Å². The molecule has 134 valence electrons. The minimum atomic E-state index is -3.50. The highest BCUT2D eigenvalue weighted by Gasteiger charge is 2.41. The predicted octanol–water partition coefficient (Wildman–Crippen LogP) is 2.39. The van der Waals surface area contributed by atoms with E-state index in [-0.39, 0.29) is 6.10 Å². The summed E-state index contributed by atoms with van der Waals surface area (Å²) < 4.78 is 44.2. The number of nitrogens with zero attached hydrogens (tertiary/aromatic N) is 1. The van der Waals surface area contributed by atoms with Crippen molar-refractivity contribution in [1.29, 1.82) is 0 Å². The standard InChI is InChI=1S/C17H25NO5S/c1-14(2)23-15-4-6-16(7-5-15)24(19,20)18-10-8-17(9-11-18)21-12-3-13-22-17/h4-7,14H,3,8-13H2,1-2H3. The molecule has 2 aliphatic rings. The molecule has 0 atom stereocenters.